The van der Waals surface area contributed by atoms with Crippen molar-refractivity contribution in [2.45, 2.75) is 13.3 Å². The van der Waals surface area contributed by atoms with Crippen molar-refractivity contribution in [1.29, 1.82) is 0 Å². The molecule has 0 aliphatic heterocycles. The normalized spacial score (nSPS) is 11.0. The summed E-state index contributed by atoms with van der Waals surface area (Å²) in [5.41, 5.74) is 5.63. The quantitative estimate of drug-likeness (QED) is 0.489. The van der Waals surface area contributed by atoms with Crippen LogP contribution in [-0.2, 0) is 6.42 Å². The van der Waals surface area contributed by atoms with Gasteiger partial charge in [-0.25, -0.2) is 9.37 Å². The number of nitrogens with zero attached hydrogens (tertiary/aromatic N) is 2. The number of pyridine rings is 1. The molecule has 28 heavy (non-hydrogen) atoms. The Labute approximate surface area is 163 Å². The first-order chi connectivity index (χ1) is 13.6. The van der Waals surface area contributed by atoms with E-state index in [2.05, 4.69) is 10.6 Å². The molecule has 0 N–H and O–H groups in total. The Morgan fingerprint density at radius 1 is 0.964 bits per heavy atom. The number of hydrogen-bond acceptors (Lipinski definition) is 3. The highest BCUT2D eigenvalue weighted by atomic mass is 19.1. The first kappa shape index (κ1) is 18.0. The second-order valence-electron chi connectivity index (χ2n) is 6.72. The third-order valence-corrected chi connectivity index (χ3v) is 4.78. The number of hydrogen-bond donors (Lipinski definition) is 0. The fourth-order valence-electron chi connectivity index (χ4n) is 3.42. The summed E-state index contributed by atoms with van der Waals surface area (Å²) in [5.74, 6) is 1.07. The van der Waals surface area contributed by atoms with Gasteiger partial charge >= 0.3 is 0 Å². The van der Waals surface area contributed by atoms with E-state index in [1.54, 1.807) is 26.4 Å². The molecule has 0 aliphatic carbocycles. The molecule has 0 spiro atoms. The Bertz CT molecular complexity index is 1150. The van der Waals surface area contributed by atoms with E-state index in [0.29, 0.717) is 17.9 Å². The minimum Gasteiger partial charge on any atom is -0.493 e. The van der Waals surface area contributed by atoms with E-state index in [0.717, 1.165) is 33.7 Å². The van der Waals surface area contributed by atoms with E-state index in [4.69, 9.17) is 14.5 Å². The van der Waals surface area contributed by atoms with E-state index >= 15 is 0 Å². The first-order valence-corrected chi connectivity index (χ1v) is 9.03. The maximum atomic E-state index is 13.7. The number of aryl methyl sites for hydroxylation is 1. The number of benzene rings is 2. The van der Waals surface area contributed by atoms with Gasteiger partial charge in [-0.2, -0.15) is 0 Å². The van der Waals surface area contributed by atoms with Crippen LogP contribution in [0.1, 0.15) is 16.8 Å². The van der Waals surface area contributed by atoms with Crippen LogP contribution in [0, 0.1) is 12.7 Å². The van der Waals surface area contributed by atoms with Crippen molar-refractivity contribution < 1.29 is 13.9 Å². The third-order valence-electron chi connectivity index (χ3n) is 4.78. The average Bonchev–Trinajstić information content (AvgIpc) is 3.05. The zero-order chi connectivity index (χ0) is 19.7. The smallest absolute Gasteiger partial charge is 0.161 e. The predicted octanol–water partition coefficient (Wildman–Crippen LogP) is 5.06. The summed E-state index contributed by atoms with van der Waals surface area (Å²) in [6, 6.07) is 16.5. The van der Waals surface area contributed by atoms with E-state index in [9.17, 15) is 4.39 Å². The molecular weight excluding hydrogens is 355 g/mol. The molecule has 4 nitrogen and oxygen atoms in total. The summed E-state index contributed by atoms with van der Waals surface area (Å²) in [6.07, 6.45) is 2.62. The molecule has 2 aromatic heterocycles. The van der Waals surface area contributed by atoms with Crippen molar-refractivity contribution in [2.75, 3.05) is 14.2 Å². The number of aromatic nitrogens is 2. The van der Waals surface area contributed by atoms with Crippen molar-refractivity contribution in [2.24, 2.45) is 0 Å². The number of fused-ring (bicyclic) bond motifs is 1. The van der Waals surface area contributed by atoms with Gasteiger partial charge in [0.1, 0.15) is 11.5 Å². The molecule has 0 saturated carbocycles. The maximum Gasteiger partial charge on any atom is 0.161 e. The summed E-state index contributed by atoms with van der Waals surface area (Å²) >= 11 is 0. The minimum absolute atomic E-state index is 0.241. The molecule has 0 aliphatic rings. The van der Waals surface area contributed by atoms with Crippen LogP contribution < -0.4 is 9.47 Å². The summed E-state index contributed by atoms with van der Waals surface area (Å²) in [4.78, 5) is 4.85. The molecule has 0 unspecified atom stereocenters. The van der Waals surface area contributed by atoms with Gasteiger partial charge in [0, 0.05) is 18.2 Å². The van der Waals surface area contributed by atoms with Crippen molar-refractivity contribution in [1.82, 2.24) is 9.38 Å². The minimum atomic E-state index is -0.241. The molecule has 0 fully saturated rings. The Morgan fingerprint density at radius 3 is 2.54 bits per heavy atom. The Kier molecular flexibility index (Phi) is 4.74. The van der Waals surface area contributed by atoms with Gasteiger partial charge in [-0.3, -0.25) is 0 Å². The van der Waals surface area contributed by atoms with Crippen LogP contribution >= 0.6 is 0 Å². The molecule has 4 rings (SSSR count). The monoisotopic (exact) mass is 376 g/mol. The first-order valence-electron chi connectivity index (χ1n) is 9.03. The van der Waals surface area contributed by atoms with Crippen LogP contribution in [0.4, 0.5) is 4.39 Å². The molecule has 4 aromatic rings. The van der Waals surface area contributed by atoms with Crippen LogP contribution in [0.3, 0.4) is 0 Å². The molecule has 2 heterocycles. The summed E-state index contributed by atoms with van der Waals surface area (Å²) in [5, 5.41) is 0. The molecule has 0 bridgehead atoms. The summed E-state index contributed by atoms with van der Waals surface area (Å²) in [7, 11) is 3.23. The van der Waals surface area contributed by atoms with Gasteiger partial charge in [-0.05, 0) is 54.4 Å². The molecule has 0 atom stereocenters. The molecule has 0 radical (unpaired) electrons. The van der Waals surface area contributed by atoms with Gasteiger partial charge in [0.15, 0.2) is 11.5 Å². The molecule has 142 valence electrons. The second kappa shape index (κ2) is 7.35. The van der Waals surface area contributed by atoms with Crippen LogP contribution in [0.25, 0.3) is 16.9 Å². The lowest BCUT2D eigenvalue weighted by Crippen LogP contribution is -1.98. The van der Waals surface area contributed by atoms with Crippen LogP contribution in [0.2, 0.25) is 0 Å². The topological polar surface area (TPSA) is 35.8 Å². The highest BCUT2D eigenvalue weighted by Crippen LogP contribution is 2.34. The zero-order valence-corrected chi connectivity index (χ0v) is 16.1. The van der Waals surface area contributed by atoms with Crippen molar-refractivity contribution in [3.8, 4) is 22.8 Å². The average molecular weight is 376 g/mol. The Balaban J connectivity index is 1.90. The largest absolute Gasteiger partial charge is 0.493 e. The lowest BCUT2D eigenvalue weighted by atomic mass is 10.0. The van der Waals surface area contributed by atoms with Crippen molar-refractivity contribution in [3.05, 3.63) is 83.4 Å². The van der Waals surface area contributed by atoms with Crippen LogP contribution in [-0.4, -0.2) is 23.6 Å². The number of halogens is 1. The fourth-order valence-corrected chi connectivity index (χ4v) is 3.42. The van der Waals surface area contributed by atoms with Crippen molar-refractivity contribution >= 4 is 5.65 Å². The van der Waals surface area contributed by atoms with Gasteiger partial charge in [0.2, 0.25) is 0 Å². The summed E-state index contributed by atoms with van der Waals surface area (Å²) < 4.78 is 26.6. The van der Waals surface area contributed by atoms with E-state index in [1.807, 2.05) is 43.3 Å². The third kappa shape index (κ3) is 3.31. The fraction of sp³-hybridized carbons (Fsp3) is 0.174. The molecular formula is C23H21FN2O2. The van der Waals surface area contributed by atoms with E-state index in [-0.39, 0.29) is 5.82 Å². The number of rotatable bonds is 5. The SMILES string of the molecule is COc1ccc(-c2nc3ccc(C)cn3c2Cc2cccc(F)c2)cc1OC. The lowest BCUT2D eigenvalue weighted by Gasteiger charge is -2.10. The Hall–Kier alpha value is -3.34. The lowest BCUT2D eigenvalue weighted by molar-refractivity contribution is 0.355. The highest BCUT2D eigenvalue weighted by molar-refractivity contribution is 5.70. The molecule has 0 saturated heterocycles. The molecule has 2 aromatic carbocycles. The van der Waals surface area contributed by atoms with E-state index in [1.165, 1.54) is 6.07 Å². The standard InChI is InChI=1S/C23H21FN2O2/c1-15-7-10-22-25-23(17-8-9-20(27-2)21(13-17)28-3)19(26(22)14-15)12-16-5-4-6-18(24)11-16/h4-11,13-14H,12H2,1-3H3. The number of methoxy groups -OCH3 is 2. The van der Waals surface area contributed by atoms with Crippen LogP contribution in [0.15, 0.2) is 60.8 Å². The molecule has 5 heteroatoms. The van der Waals surface area contributed by atoms with Gasteiger partial charge in [-0.15, -0.1) is 0 Å². The second-order valence-corrected chi connectivity index (χ2v) is 6.72. The zero-order valence-electron chi connectivity index (χ0n) is 16.1. The predicted molar refractivity (Wildman–Crippen MR) is 108 cm³/mol. The highest BCUT2D eigenvalue weighted by Gasteiger charge is 2.17. The summed E-state index contributed by atoms with van der Waals surface area (Å²) in [6.45, 7) is 2.04. The van der Waals surface area contributed by atoms with E-state index < -0.39 is 0 Å². The number of ether oxygens (including phenoxy) is 2. The van der Waals surface area contributed by atoms with Gasteiger partial charge in [-0.1, -0.05) is 18.2 Å². The van der Waals surface area contributed by atoms with Crippen LogP contribution in [0.5, 0.6) is 11.5 Å². The van der Waals surface area contributed by atoms with Gasteiger partial charge in [0.25, 0.3) is 0 Å². The Morgan fingerprint density at radius 2 is 1.79 bits per heavy atom. The maximum absolute atomic E-state index is 13.7. The number of imidazole rings is 1. The molecule has 0 amide bonds. The van der Waals surface area contributed by atoms with Crippen molar-refractivity contribution in [3.63, 3.8) is 0 Å². The van der Waals surface area contributed by atoms with Gasteiger partial charge < -0.3 is 13.9 Å². The van der Waals surface area contributed by atoms with Gasteiger partial charge in [0.05, 0.1) is 25.6 Å².